The number of sulfone groups is 1. The number of hydrogen-bond donors (Lipinski definition) is 0. The van der Waals surface area contributed by atoms with Crippen LogP contribution in [0.4, 0.5) is 0 Å². The first-order valence-electron chi connectivity index (χ1n) is 7.97. The second-order valence-electron chi connectivity index (χ2n) is 6.84. The largest absolute Gasteiger partial charge is 0.383 e. The highest BCUT2D eigenvalue weighted by Crippen LogP contribution is 2.34. The zero-order valence-electron chi connectivity index (χ0n) is 14.8. The summed E-state index contributed by atoms with van der Waals surface area (Å²) in [7, 11) is -1.91. The van der Waals surface area contributed by atoms with Crippen molar-refractivity contribution in [1.82, 2.24) is 19.2 Å². The van der Waals surface area contributed by atoms with Gasteiger partial charge in [-0.1, -0.05) is 0 Å². The normalized spacial score (nSPS) is 12.8. The maximum atomic E-state index is 13.1. The van der Waals surface area contributed by atoms with Crippen LogP contribution in [0.5, 0.6) is 0 Å². The average molecular weight is 362 g/mol. The maximum absolute atomic E-state index is 13.1. The van der Waals surface area contributed by atoms with Crippen molar-refractivity contribution < 1.29 is 13.2 Å². The molecule has 3 aromatic heterocycles. The van der Waals surface area contributed by atoms with Crippen molar-refractivity contribution in [1.29, 1.82) is 0 Å². The van der Waals surface area contributed by atoms with Crippen LogP contribution in [0.25, 0.3) is 16.8 Å². The van der Waals surface area contributed by atoms with Gasteiger partial charge in [0.25, 0.3) is 0 Å². The number of pyridine rings is 1. The zero-order valence-corrected chi connectivity index (χ0v) is 15.6. The summed E-state index contributed by atoms with van der Waals surface area (Å²) >= 11 is 0. The third kappa shape index (κ3) is 3.19. The molecule has 0 saturated heterocycles. The first-order chi connectivity index (χ1) is 11.7. The predicted octanol–water partition coefficient (Wildman–Crippen LogP) is 2.42. The number of aromatic nitrogens is 4. The van der Waals surface area contributed by atoms with Gasteiger partial charge in [0.1, 0.15) is 5.65 Å². The predicted molar refractivity (Wildman–Crippen MR) is 95.2 cm³/mol. The summed E-state index contributed by atoms with van der Waals surface area (Å²) in [5.74, 6) is 0. The molecule has 0 aliphatic rings. The van der Waals surface area contributed by atoms with Crippen molar-refractivity contribution in [2.45, 2.75) is 37.0 Å². The van der Waals surface area contributed by atoms with Crippen LogP contribution in [0.3, 0.4) is 0 Å². The Morgan fingerprint density at radius 3 is 2.68 bits per heavy atom. The van der Waals surface area contributed by atoms with Gasteiger partial charge < -0.3 is 9.14 Å². The molecule has 3 aromatic rings. The van der Waals surface area contributed by atoms with E-state index in [1.54, 1.807) is 67.8 Å². The molecule has 7 nitrogen and oxygen atoms in total. The number of methoxy groups -OCH3 is 1. The molecule has 0 aromatic carbocycles. The molecule has 0 radical (unpaired) electrons. The molecular weight excluding hydrogens is 340 g/mol. The summed E-state index contributed by atoms with van der Waals surface area (Å²) in [6.45, 7) is 6.24. The van der Waals surface area contributed by atoms with Gasteiger partial charge in [-0.15, -0.1) is 0 Å². The SMILES string of the molecule is COCCn1cc(-c2cc3nccn3cc2S(=O)(=O)C(C)(C)C)cn1. The van der Waals surface area contributed by atoms with Crippen LogP contribution in [0.1, 0.15) is 20.8 Å². The molecule has 0 spiro atoms. The third-order valence-corrected chi connectivity index (χ3v) is 6.58. The summed E-state index contributed by atoms with van der Waals surface area (Å²) in [6.07, 6.45) is 8.52. The van der Waals surface area contributed by atoms with E-state index in [9.17, 15) is 8.42 Å². The second kappa shape index (κ2) is 6.27. The molecule has 25 heavy (non-hydrogen) atoms. The number of fused-ring (bicyclic) bond motifs is 1. The van der Waals surface area contributed by atoms with Gasteiger partial charge in [-0.2, -0.15) is 5.10 Å². The highest BCUT2D eigenvalue weighted by Gasteiger charge is 2.34. The molecule has 0 aliphatic carbocycles. The summed E-state index contributed by atoms with van der Waals surface area (Å²) in [6, 6.07) is 1.79. The van der Waals surface area contributed by atoms with Gasteiger partial charge in [0.15, 0.2) is 9.84 Å². The Hall–Kier alpha value is -2.19. The molecule has 0 unspecified atom stereocenters. The van der Waals surface area contributed by atoms with E-state index in [1.165, 1.54) is 0 Å². The smallest absolute Gasteiger partial charge is 0.185 e. The molecule has 0 fully saturated rings. The van der Waals surface area contributed by atoms with E-state index in [1.807, 2.05) is 6.20 Å². The number of imidazole rings is 1. The van der Waals surface area contributed by atoms with Crippen molar-refractivity contribution in [3.05, 3.63) is 37.1 Å². The fourth-order valence-electron chi connectivity index (χ4n) is 2.52. The molecule has 0 amide bonds. The number of rotatable bonds is 5. The number of nitrogens with zero attached hydrogens (tertiary/aromatic N) is 4. The van der Waals surface area contributed by atoms with Crippen molar-refractivity contribution in [3.63, 3.8) is 0 Å². The minimum atomic E-state index is -3.54. The first-order valence-corrected chi connectivity index (χ1v) is 9.45. The van der Waals surface area contributed by atoms with Crippen LogP contribution in [0.15, 0.2) is 41.9 Å². The highest BCUT2D eigenvalue weighted by molar-refractivity contribution is 7.92. The summed E-state index contributed by atoms with van der Waals surface area (Å²) in [5.41, 5.74) is 2.04. The zero-order chi connectivity index (χ0) is 18.2. The fourth-order valence-corrected chi connectivity index (χ4v) is 3.90. The van der Waals surface area contributed by atoms with E-state index in [0.717, 1.165) is 5.56 Å². The van der Waals surface area contributed by atoms with Crippen molar-refractivity contribution in [2.75, 3.05) is 13.7 Å². The lowest BCUT2D eigenvalue weighted by Crippen LogP contribution is -2.28. The number of ether oxygens (including phenoxy) is 1. The minimum absolute atomic E-state index is 0.275. The van der Waals surface area contributed by atoms with Crippen LogP contribution in [0.2, 0.25) is 0 Å². The van der Waals surface area contributed by atoms with E-state index in [2.05, 4.69) is 10.1 Å². The lowest BCUT2D eigenvalue weighted by molar-refractivity contribution is 0.183. The average Bonchev–Trinajstić information content (AvgIpc) is 3.19. The van der Waals surface area contributed by atoms with Gasteiger partial charge in [-0.3, -0.25) is 4.68 Å². The highest BCUT2D eigenvalue weighted by atomic mass is 32.2. The Morgan fingerprint density at radius 2 is 2.00 bits per heavy atom. The number of hydrogen-bond acceptors (Lipinski definition) is 5. The topological polar surface area (TPSA) is 78.5 Å². The van der Waals surface area contributed by atoms with Crippen LogP contribution in [-0.2, 0) is 21.1 Å². The Kier molecular flexibility index (Phi) is 4.42. The van der Waals surface area contributed by atoms with Gasteiger partial charge in [-0.05, 0) is 26.8 Å². The maximum Gasteiger partial charge on any atom is 0.185 e. The monoisotopic (exact) mass is 362 g/mol. The van der Waals surface area contributed by atoms with Crippen LogP contribution in [-0.4, -0.2) is 46.0 Å². The molecule has 134 valence electrons. The lowest BCUT2D eigenvalue weighted by atomic mass is 10.1. The Morgan fingerprint density at radius 1 is 1.24 bits per heavy atom. The van der Waals surface area contributed by atoms with Gasteiger partial charge in [0, 0.05) is 43.0 Å². The molecule has 3 rings (SSSR count). The molecular formula is C17H22N4O3S. The Balaban J connectivity index is 2.19. The van der Waals surface area contributed by atoms with E-state index in [4.69, 9.17) is 4.74 Å². The third-order valence-electron chi connectivity index (χ3n) is 4.06. The first kappa shape index (κ1) is 17.6. The summed E-state index contributed by atoms with van der Waals surface area (Å²) < 4.78 is 33.8. The molecule has 8 heteroatoms. The van der Waals surface area contributed by atoms with E-state index < -0.39 is 14.6 Å². The van der Waals surface area contributed by atoms with Crippen LogP contribution >= 0.6 is 0 Å². The van der Waals surface area contributed by atoms with E-state index in [-0.39, 0.29) is 4.90 Å². The summed E-state index contributed by atoms with van der Waals surface area (Å²) in [5, 5.41) is 4.30. The van der Waals surface area contributed by atoms with Gasteiger partial charge in [-0.25, -0.2) is 13.4 Å². The fraction of sp³-hybridized carbons (Fsp3) is 0.412. The second-order valence-corrected chi connectivity index (χ2v) is 9.52. The van der Waals surface area contributed by atoms with Gasteiger partial charge in [0.05, 0.1) is 29.0 Å². The van der Waals surface area contributed by atoms with Crippen LogP contribution in [0, 0.1) is 0 Å². The molecule has 3 heterocycles. The van der Waals surface area contributed by atoms with E-state index in [0.29, 0.717) is 24.4 Å². The van der Waals surface area contributed by atoms with Crippen molar-refractivity contribution in [3.8, 4) is 11.1 Å². The van der Waals surface area contributed by atoms with Crippen molar-refractivity contribution >= 4 is 15.5 Å². The van der Waals surface area contributed by atoms with Gasteiger partial charge in [0.2, 0.25) is 0 Å². The minimum Gasteiger partial charge on any atom is -0.383 e. The molecule has 0 saturated carbocycles. The van der Waals surface area contributed by atoms with Gasteiger partial charge >= 0.3 is 0 Å². The Labute approximate surface area is 147 Å². The standard InChI is InChI=1S/C17H22N4O3S/c1-17(2,3)25(22,23)15-12-20-6-5-18-16(20)9-14(15)13-10-19-21(11-13)7-8-24-4/h5-6,9-12H,7-8H2,1-4H3. The Bertz CT molecular complexity index is 996. The van der Waals surface area contributed by atoms with E-state index >= 15 is 0 Å². The van der Waals surface area contributed by atoms with Crippen LogP contribution < -0.4 is 0 Å². The summed E-state index contributed by atoms with van der Waals surface area (Å²) in [4.78, 5) is 4.54. The molecule has 0 atom stereocenters. The lowest BCUT2D eigenvalue weighted by Gasteiger charge is -2.21. The molecule has 0 aliphatic heterocycles. The molecule has 0 N–H and O–H groups in total. The van der Waals surface area contributed by atoms with Crippen molar-refractivity contribution in [2.24, 2.45) is 0 Å². The molecule has 0 bridgehead atoms. The quantitative estimate of drug-likeness (QED) is 0.696.